The lowest BCUT2D eigenvalue weighted by Gasteiger charge is -2.12. The molecule has 4 nitrogen and oxygen atoms in total. The van der Waals surface area contributed by atoms with Gasteiger partial charge in [-0.05, 0) is 55.7 Å². The van der Waals surface area contributed by atoms with Gasteiger partial charge in [-0.1, -0.05) is 25.1 Å². The van der Waals surface area contributed by atoms with Crippen LogP contribution in [0.1, 0.15) is 41.8 Å². The van der Waals surface area contributed by atoms with E-state index in [0.717, 1.165) is 30.0 Å². The van der Waals surface area contributed by atoms with Crippen molar-refractivity contribution in [3.8, 4) is 5.75 Å². The van der Waals surface area contributed by atoms with Crippen LogP contribution in [-0.4, -0.2) is 19.1 Å². The number of hydrogen-bond donors (Lipinski definition) is 2. The average molecular weight is 326 g/mol. The van der Waals surface area contributed by atoms with Gasteiger partial charge in [-0.15, -0.1) is 0 Å². The summed E-state index contributed by atoms with van der Waals surface area (Å²) in [5, 5.41) is 6.23. The number of rotatable bonds is 8. The van der Waals surface area contributed by atoms with Crippen LogP contribution in [0.15, 0.2) is 42.5 Å². The molecule has 0 saturated carbocycles. The van der Waals surface area contributed by atoms with E-state index < -0.39 is 0 Å². The van der Waals surface area contributed by atoms with Crippen LogP contribution in [0.3, 0.4) is 0 Å². The molecule has 0 unspecified atom stereocenters. The molecule has 128 valence electrons. The second-order valence-corrected chi connectivity index (χ2v) is 5.74. The van der Waals surface area contributed by atoms with Gasteiger partial charge in [0.05, 0.1) is 6.61 Å². The molecule has 0 saturated heterocycles. The third-order valence-electron chi connectivity index (χ3n) is 3.72. The summed E-state index contributed by atoms with van der Waals surface area (Å²) >= 11 is 0. The predicted molar refractivity (Wildman–Crippen MR) is 98.7 cm³/mol. The second kappa shape index (κ2) is 8.96. The SMILES string of the molecule is CCCOc1ccc(CNc2cc(C(=O)NCC)ccc2C)cc1. The van der Waals surface area contributed by atoms with Crippen molar-refractivity contribution in [3.05, 3.63) is 59.2 Å². The molecule has 0 aliphatic rings. The number of anilines is 1. The molecular formula is C20H26N2O2. The van der Waals surface area contributed by atoms with E-state index in [4.69, 9.17) is 4.74 Å². The lowest BCUT2D eigenvalue weighted by atomic mass is 10.1. The number of aryl methyl sites for hydroxylation is 1. The Morgan fingerprint density at radius 2 is 1.83 bits per heavy atom. The lowest BCUT2D eigenvalue weighted by Crippen LogP contribution is -2.22. The zero-order valence-electron chi connectivity index (χ0n) is 14.7. The van der Waals surface area contributed by atoms with Crippen molar-refractivity contribution in [3.63, 3.8) is 0 Å². The minimum atomic E-state index is -0.0435. The normalized spacial score (nSPS) is 10.3. The third kappa shape index (κ3) is 5.01. The van der Waals surface area contributed by atoms with Gasteiger partial charge in [0.2, 0.25) is 0 Å². The Labute approximate surface area is 144 Å². The van der Waals surface area contributed by atoms with Crippen LogP contribution >= 0.6 is 0 Å². The molecule has 2 N–H and O–H groups in total. The molecule has 2 aromatic carbocycles. The highest BCUT2D eigenvalue weighted by Gasteiger charge is 2.07. The van der Waals surface area contributed by atoms with Gasteiger partial charge in [0.15, 0.2) is 0 Å². The molecule has 0 heterocycles. The molecular weight excluding hydrogens is 300 g/mol. The standard InChI is InChI=1S/C20H26N2O2/c1-4-12-24-18-10-7-16(8-11-18)14-22-19-13-17(9-6-15(19)3)20(23)21-5-2/h6-11,13,22H,4-5,12,14H2,1-3H3,(H,21,23). The fraction of sp³-hybridized carbons (Fsp3) is 0.350. The molecule has 0 radical (unpaired) electrons. The number of benzene rings is 2. The summed E-state index contributed by atoms with van der Waals surface area (Å²) in [4.78, 5) is 12.0. The molecule has 1 amide bonds. The average Bonchev–Trinajstić information content (AvgIpc) is 2.60. The number of ether oxygens (including phenoxy) is 1. The van der Waals surface area contributed by atoms with Crippen LogP contribution in [0.2, 0.25) is 0 Å². The topological polar surface area (TPSA) is 50.4 Å². The molecule has 0 aromatic heterocycles. The maximum atomic E-state index is 12.0. The van der Waals surface area contributed by atoms with Crippen LogP contribution < -0.4 is 15.4 Å². The molecule has 24 heavy (non-hydrogen) atoms. The van der Waals surface area contributed by atoms with E-state index in [-0.39, 0.29) is 5.91 Å². The highest BCUT2D eigenvalue weighted by Crippen LogP contribution is 2.19. The number of carbonyl (C=O) groups is 1. The van der Waals surface area contributed by atoms with Crippen LogP contribution in [0.4, 0.5) is 5.69 Å². The minimum absolute atomic E-state index is 0.0435. The second-order valence-electron chi connectivity index (χ2n) is 5.74. The Balaban J connectivity index is 2.00. The number of hydrogen-bond acceptors (Lipinski definition) is 3. The highest BCUT2D eigenvalue weighted by atomic mass is 16.5. The first kappa shape index (κ1) is 17.9. The van der Waals surface area contributed by atoms with E-state index in [9.17, 15) is 4.79 Å². The monoisotopic (exact) mass is 326 g/mol. The van der Waals surface area contributed by atoms with Gasteiger partial charge in [0.25, 0.3) is 5.91 Å². The van der Waals surface area contributed by atoms with Crippen molar-refractivity contribution < 1.29 is 9.53 Å². The number of amides is 1. The molecule has 0 fully saturated rings. The molecule has 0 aliphatic carbocycles. The Morgan fingerprint density at radius 1 is 1.08 bits per heavy atom. The summed E-state index contributed by atoms with van der Waals surface area (Å²) in [6.45, 7) is 8.11. The fourth-order valence-corrected chi connectivity index (χ4v) is 2.34. The highest BCUT2D eigenvalue weighted by molar-refractivity contribution is 5.95. The Kier molecular flexibility index (Phi) is 6.67. The first-order valence-electron chi connectivity index (χ1n) is 8.48. The summed E-state index contributed by atoms with van der Waals surface area (Å²) in [6.07, 6.45) is 1.00. The molecule has 2 aromatic rings. The Bertz CT molecular complexity index is 666. The van der Waals surface area contributed by atoms with Crippen molar-refractivity contribution in [1.29, 1.82) is 0 Å². The fourth-order valence-electron chi connectivity index (χ4n) is 2.34. The first-order chi connectivity index (χ1) is 11.6. The summed E-state index contributed by atoms with van der Waals surface area (Å²) in [5.41, 5.74) is 3.94. The van der Waals surface area contributed by atoms with Gasteiger partial charge in [-0.3, -0.25) is 4.79 Å². The minimum Gasteiger partial charge on any atom is -0.494 e. The summed E-state index contributed by atoms with van der Waals surface area (Å²) in [6, 6.07) is 13.8. The van der Waals surface area contributed by atoms with E-state index in [1.54, 1.807) is 0 Å². The number of nitrogens with one attached hydrogen (secondary N) is 2. The van der Waals surface area contributed by atoms with Crippen LogP contribution in [0, 0.1) is 6.92 Å². The van der Waals surface area contributed by atoms with Crippen molar-refractivity contribution in [2.24, 2.45) is 0 Å². The van der Waals surface area contributed by atoms with Crippen molar-refractivity contribution in [2.75, 3.05) is 18.5 Å². The Hall–Kier alpha value is -2.49. The van der Waals surface area contributed by atoms with E-state index >= 15 is 0 Å². The largest absolute Gasteiger partial charge is 0.494 e. The Morgan fingerprint density at radius 3 is 2.50 bits per heavy atom. The first-order valence-corrected chi connectivity index (χ1v) is 8.48. The molecule has 0 bridgehead atoms. The van der Waals surface area contributed by atoms with Gasteiger partial charge >= 0.3 is 0 Å². The van der Waals surface area contributed by atoms with Crippen LogP contribution in [0.25, 0.3) is 0 Å². The van der Waals surface area contributed by atoms with Gasteiger partial charge in [0.1, 0.15) is 5.75 Å². The maximum absolute atomic E-state index is 12.0. The summed E-state index contributed by atoms with van der Waals surface area (Å²) in [5.74, 6) is 0.855. The van der Waals surface area contributed by atoms with E-state index in [2.05, 4.69) is 29.7 Å². The van der Waals surface area contributed by atoms with E-state index in [1.807, 2.05) is 44.2 Å². The smallest absolute Gasteiger partial charge is 0.251 e. The van der Waals surface area contributed by atoms with Crippen LogP contribution in [-0.2, 0) is 6.54 Å². The van der Waals surface area contributed by atoms with Gasteiger partial charge in [-0.2, -0.15) is 0 Å². The third-order valence-corrected chi connectivity index (χ3v) is 3.72. The zero-order chi connectivity index (χ0) is 17.4. The lowest BCUT2D eigenvalue weighted by molar-refractivity contribution is 0.0956. The van der Waals surface area contributed by atoms with Crippen molar-refractivity contribution in [1.82, 2.24) is 5.32 Å². The molecule has 0 spiro atoms. The van der Waals surface area contributed by atoms with E-state index in [0.29, 0.717) is 18.7 Å². The molecule has 4 heteroatoms. The maximum Gasteiger partial charge on any atom is 0.251 e. The van der Waals surface area contributed by atoms with E-state index in [1.165, 1.54) is 5.56 Å². The predicted octanol–water partition coefficient (Wildman–Crippen LogP) is 4.15. The van der Waals surface area contributed by atoms with Crippen molar-refractivity contribution >= 4 is 11.6 Å². The number of carbonyl (C=O) groups excluding carboxylic acids is 1. The zero-order valence-corrected chi connectivity index (χ0v) is 14.7. The molecule has 2 rings (SSSR count). The summed E-state index contributed by atoms with van der Waals surface area (Å²) in [7, 11) is 0. The van der Waals surface area contributed by atoms with Gasteiger partial charge in [-0.25, -0.2) is 0 Å². The van der Waals surface area contributed by atoms with Crippen molar-refractivity contribution in [2.45, 2.75) is 33.7 Å². The summed E-state index contributed by atoms with van der Waals surface area (Å²) < 4.78 is 5.59. The van der Waals surface area contributed by atoms with Gasteiger partial charge < -0.3 is 15.4 Å². The van der Waals surface area contributed by atoms with Crippen LogP contribution in [0.5, 0.6) is 5.75 Å². The quantitative estimate of drug-likeness (QED) is 0.766. The van der Waals surface area contributed by atoms with Gasteiger partial charge in [0, 0.05) is 24.3 Å². The molecule has 0 atom stereocenters. The molecule has 0 aliphatic heterocycles.